The molecule has 3 aromatic heterocycles. The van der Waals surface area contributed by atoms with Crippen molar-refractivity contribution in [2.45, 2.75) is 20.0 Å². The number of ether oxygens (including phenoxy) is 1. The maximum absolute atomic E-state index is 12.8. The first-order valence-corrected chi connectivity index (χ1v) is 10.9. The van der Waals surface area contributed by atoms with Crippen molar-refractivity contribution in [3.63, 3.8) is 0 Å². The fourth-order valence-electron chi connectivity index (χ4n) is 4.13. The monoisotopic (exact) mass is 450 g/mol. The molecule has 0 atom stereocenters. The van der Waals surface area contributed by atoms with Gasteiger partial charge in [-0.25, -0.2) is 15.0 Å². The van der Waals surface area contributed by atoms with E-state index in [-0.39, 0.29) is 5.75 Å². The molecular formula is C24H24F2N6O. The van der Waals surface area contributed by atoms with Gasteiger partial charge in [0.25, 0.3) is 0 Å². The molecule has 0 bridgehead atoms. The van der Waals surface area contributed by atoms with E-state index in [2.05, 4.69) is 25.2 Å². The Bertz CT molecular complexity index is 1250. The van der Waals surface area contributed by atoms with Crippen molar-refractivity contribution in [1.82, 2.24) is 24.7 Å². The van der Waals surface area contributed by atoms with Crippen LogP contribution in [0.5, 0.6) is 5.75 Å². The van der Waals surface area contributed by atoms with Gasteiger partial charge in [0, 0.05) is 73.6 Å². The largest absolute Gasteiger partial charge is 0.435 e. The summed E-state index contributed by atoms with van der Waals surface area (Å²) in [6.45, 7) is 2.68. The molecule has 4 aromatic rings. The first-order chi connectivity index (χ1) is 16.1. The molecule has 7 nitrogen and oxygen atoms in total. The van der Waals surface area contributed by atoms with Gasteiger partial charge in [0.2, 0.25) is 5.95 Å². The second-order valence-electron chi connectivity index (χ2n) is 7.96. The number of anilines is 1. The molecule has 0 aliphatic carbocycles. The van der Waals surface area contributed by atoms with Gasteiger partial charge >= 0.3 is 6.61 Å². The van der Waals surface area contributed by atoms with Gasteiger partial charge in [0.1, 0.15) is 11.4 Å². The normalized spacial score (nSPS) is 14.2. The molecule has 1 aliphatic heterocycles. The van der Waals surface area contributed by atoms with Gasteiger partial charge in [0.15, 0.2) is 0 Å². The maximum atomic E-state index is 12.8. The minimum absolute atomic E-state index is 0.176. The topological polar surface area (TPSA) is 67.6 Å². The number of halogens is 2. The average molecular weight is 450 g/mol. The van der Waals surface area contributed by atoms with Crippen LogP contribution < -0.4 is 15.0 Å². The Labute approximate surface area is 190 Å². The molecule has 1 saturated heterocycles. The Balaban J connectivity index is 1.46. The van der Waals surface area contributed by atoms with E-state index in [0.717, 1.165) is 60.3 Å². The van der Waals surface area contributed by atoms with Crippen molar-refractivity contribution in [1.29, 1.82) is 0 Å². The van der Waals surface area contributed by atoms with Crippen LogP contribution in [-0.2, 0) is 6.42 Å². The predicted molar refractivity (Wildman–Crippen MR) is 122 cm³/mol. The molecule has 1 aliphatic rings. The zero-order valence-corrected chi connectivity index (χ0v) is 18.2. The molecular weight excluding hydrogens is 426 g/mol. The Hall–Kier alpha value is -3.59. The Morgan fingerprint density at radius 2 is 1.79 bits per heavy atom. The van der Waals surface area contributed by atoms with E-state index in [0.29, 0.717) is 12.0 Å². The highest BCUT2D eigenvalue weighted by Crippen LogP contribution is 2.27. The third-order valence-electron chi connectivity index (χ3n) is 5.84. The zero-order chi connectivity index (χ0) is 22.8. The Morgan fingerprint density at radius 3 is 2.55 bits per heavy atom. The first-order valence-electron chi connectivity index (χ1n) is 10.9. The standard InChI is InChI=1S/C24H24F2N6O/c1-16-20(12-17-4-2-3-5-21(17)33-23(25)26)32-15-18(6-7-22(32)30-16)19-13-28-24(29-14-19)31-10-8-27-9-11-31/h2-7,13-15,23,27H,8-12H2,1H3. The lowest BCUT2D eigenvalue weighted by Crippen LogP contribution is -2.44. The number of rotatable bonds is 6. The number of nitrogens with zero attached hydrogens (tertiary/aromatic N) is 5. The summed E-state index contributed by atoms with van der Waals surface area (Å²) >= 11 is 0. The van der Waals surface area contributed by atoms with E-state index >= 15 is 0 Å². The van der Waals surface area contributed by atoms with Gasteiger partial charge in [0.05, 0.1) is 5.69 Å². The molecule has 1 aromatic carbocycles. The van der Waals surface area contributed by atoms with Crippen LogP contribution in [0.15, 0.2) is 55.0 Å². The van der Waals surface area contributed by atoms with Crippen molar-refractivity contribution < 1.29 is 13.5 Å². The smallest absolute Gasteiger partial charge is 0.387 e. The highest BCUT2D eigenvalue weighted by atomic mass is 19.3. The molecule has 5 rings (SSSR count). The van der Waals surface area contributed by atoms with Crippen molar-refractivity contribution in [3.8, 4) is 16.9 Å². The molecule has 0 amide bonds. The molecule has 9 heteroatoms. The van der Waals surface area contributed by atoms with E-state index in [1.165, 1.54) is 0 Å². The van der Waals surface area contributed by atoms with E-state index in [4.69, 9.17) is 4.74 Å². The molecule has 170 valence electrons. The lowest BCUT2D eigenvalue weighted by molar-refractivity contribution is -0.0503. The van der Waals surface area contributed by atoms with Crippen molar-refractivity contribution in [2.75, 3.05) is 31.1 Å². The summed E-state index contributed by atoms with van der Waals surface area (Å²) in [7, 11) is 0. The van der Waals surface area contributed by atoms with Crippen LogP contribution >= 0.6 is 0 Å². The number of alkyl halides is 2. The molecule has 0 unspecified atom stereocenters. The second-order valence-corrected chi connectivity index (χ2v) is 7.96. The summed E-state index contributed by atoms with van der Waals surface area (Å²) in [6, 6.07) is 10.8. The molecule has 0 spiro atoms. The van der Waals surface area contributed by atoms with Gasteiger partial charge < -0.3 is 19.4 Å². The van der Waals surface area contributed by atoms with Gasteiger partial charge in [-0.15, -0.1) is 0 Å². The van der Waals surface area contributed by atoms with Crippen LogP contribution in [0.4, 0.5) is 14.7 Å². The molecule has 4 heterocycles. The van der Waals surface area contributed by atoms with Gasteiger partial charge in [-0.2, -0.15) is 8.78 Å². The number of pyridine rings is 1. The number of nitrogens with one attached hydrogen (secondary N) is 1. The second kappa shape index (κ2) is 9.11. The number of hydrogen-bond acceptors (Lipinski definition) is 6. The number of benzene rings is 1. The molecule has 0 radical (unpaired) electrons. The quantitative estimate of drug-likeness (QED) is 0.483. The zero-order valence-electron chi connectivity index (χ0n) is 18.2. The van der Waals surface area contributed by atoms with E-state index in [1.807, 2.05) is 48.1 Å². The number of fused-ring (bicyclic) bond motifs is 1. The molecule has 33 heavy (non-hydrogen) atoms. The minimum Gasteiger partial charge on any atom is -0.435 e. The summed E-state index contributed by atoms with van der Waals surface area (Å²) in [4.78, 5) is 15.9. The minimum atomic E-state index is -2.87. The van der Waals surface area contributed by atoms with Crippen LogP contribution in [0.25, 0.3) is 16.8 Å². The number of aromatic nitrogens is 4. The van der Waals surface area contributed by atoms with Crippen LogP contribution in [0.1, 0.15) is 17.0 Å². The van der Waals surface area contributed by atoms with Crippen LogP contribution in [-0.4, -0.2) is 52.1 Å². The molecule has 1 N–H and O–H groups in total. The first kappa shape index (κ1) is 21.3. The van der Waals surface area contributed by atoms with Crippen molar-refractivity contribution >= 4 is 11.6 Å². The third kappa shape index (κ3) is 4.49. The van der Waals surface area contributed by atoms with Crippen LogP contribution in [0.3, 0.4) is 0 Å². The summed E-state index contributed by atoms with van der Waals surface area (Å²) in [5.74, 6) is 0.908. The molecule has 0 saturated carbocycles. The highest BCUT2D eigenvalue weighted by Gasteiger charge is 2.16. The fraction of sp³-hybridized carbons (Fsp3) is 0.292. The van der Waals surface area contributed by atoms with E-state index in [9.17, 15) is 8.78 Å². The highest BCUT2D eigenvalue weighted by molar-refractivity contribution is 5.64. The van der Waals surface area contributed by atoms with Crippen LogP contribution in [0, 0.1) is 6.92 Å². The summed E-state index contributed by atoms with van der Waals surface area (Å²) in [5.41, 5.74) is 5.06. The van der Waals surface area contributed by atoms with E-state index < -0.39 is 6.61 Å². The number of imidazole rings is 1. The maximum Gasteiger partial charge on any atom is 0.387 e. The number of piperazine rings is 1. The number of para-hydroxylation sites is 1. The van der Waals surface area contributed by atoms with Crippen LogP contribution in [0.2, 0.25) is 0 Å². The van der Waals surface area contributed by atoms with Gasteiger partial charge in [-0.05, 0) is 25.1 Å². The molecule has 1 fully saturated rings. The summed E-state index contributed by atoms with van der Waals surface area (Å²) in [5, 5.41) is 3.33. The average Bonchev–Trinajstić information content (AvgIpc) is 3.15. The summed E-state index contributed by atoms with van der Waals surface area (Å²) < 4.78 is 32.4. The number of aryl methyl sites for hydroxylation is 1. The number of hydrogen-bond donors (Lipinski definition) is 1. The predicted octanol–water partition coefficient (Wildman–Crippen LogP) is 3.70. The van der Waals surface area contributed by atoms with E-state index in [1.54, 1.807) is 18.2 Å². The van der Waals surface area contributed by atoms with Crippen molar-refractivity contribution in [2.24, 2.45) is 0 Å². The lowest BCUT2D eigenvalue weighted by atomic mass is 10.1. The van der Waals surface area contributed by atoms with Gasteiger partial charge in [-0.3, -0.25) is 0 Å². The van der Waals surface area contributed by atoms with Crippen molar-refractivity contribution in [3.05, 3.63) is 71.9 Å². The Morgan fingerprint density at radius 1 is 1.03 bits per heavy atom. The fourth-order valence-corrected chi connectivity index (χ4v) is 4.13. The Kier molecular flexibility index (Phi) is 5.87. The summed E-state index contributed by atoms with van der Waals surface area (Å²) in [6.07, 6.45) is 6.07. The third-order valence-corrected chi connectivity index (χ3v) is 5.84. The SMILES string of the molecule is Cc1nc2ccc(-c3cnc(N4CCNCC4)nc3)cn2c1Cc1ccccc1OC(F)F. The lowest BCUT2D eigenvalue weighted by Gasteiger charge is -2.27. The van der Waals surface area contributed by atoms with Gasteiger partial charge in [-0.1, -0.05) is 18.2 Å².